The minimum atomic E-state index is 0.210. The first-order valence-corrected chi connectivity index (χ1v) is 8.79. The molecule has 0 N–H and O–H groups in total. The fraction of sp³-hybridized carbons (Fsp3) is 0.474. The molecule has 1 aromatic carbocycles. The zero-order valence-electron chi connectivity index (χ0n) is 14.7. The number of rotatable bonds is 4. The topological polar surface area (TPSA) is 56.6 Å². The predicted octanol–water partition coefficient (Wildman–Crippen LogP) is 2.63. The van der Waals surface area contributed by atoms with E-state index in [0.29, 0.717) is 12.5 Å². The first-order chi connectivity index (χ1) is 12.1. The molecule has 2 aliphatic heterocycles. The SMILES string of the molecule is Cc1cc(C)n([C@@H]2CCN(C(=O)CCc3ccc4c(c3)OCO4)C2)n1. The van der Waals surface area contributed by atoms with Gasteiger partial charge in [-0.2, -0.15) is 5.10 Å². The van der Waals surface area contributed by atoms with Crippen LogP contribution in [-0.4, -0.2) is 40.5 Å². The largest absolute Gasteiger partial charge is 0.454 e. The van der Waals surface area contributed by atoms with E-state index in [1.807, 2.05) is 30.0 Å². The van der Waals surface area contributed by atoms with Crippen LogP contribution in [0, 0.1) is 13.8 Å². The second-order valence-corrected chi connectivity index (χ2v) is 6.84. The molecule has 3 heterocycles. The third-order valence-corrected chi connectivity index (χ3v) is 4.97. The van der Waals surface area contributed by atoms with E-state index in [0.717, 1.165) is 54.4 Å². The molecule has 2 aliphatic rings. The molecule has 132 valence electrons. The number of nitrogens with zero attached hydrogens (tertiary/aromatic N) is 3. The summed E-state index contributed by atoms with van der Waals surface area (Å²) in [5.74, 6) is 1.76. The summed E-state index contributed by atoms with van der Waals surface area (Å²) in [5, 5.41) is 4.57. The van der Waals surface area contributed by atoms with Gasteiger partial charge in [0.25, 0.3) is 0 Å². The Morgan fingerprint density at radius 2 is 2.08 bits per heavy atom. The highest BCUT2D eigenvalue weighted by Gasteiger charge is 2.28. The predicted molar refractivity (Wildman–Crippen MR) is 92.8 cm³/mol. The quantitative estimate of drug-likeness (QED) is 0.858. The molecular formula is C19H23N3O3. The molecule has 1 saturated heterocycles. The van der Waals surface area contributed by atoms with Gasteiger partial charge in [0, 0.05) is 25.2 Å². The van der Waals surface area contributed by atoms with Crippen molar-refractivity contribution < 1.29 is 14.3 Å². The molecule has 6 nitrogen and oxygen atoms in total. The number of aromatic nitrogens is 2. The third kappa shape index (κ3) is 3.21. The van der Waals surface area contributed by atoms with Gasteiger partial charge in [-0.05, 0) is 50.5 Å². The Kier molecular flexibility index (Phi) is 4.11. The van der Waals surface area contributed by atoms with E-state index in [-0.39, 0.29) is 12.7 Å². The van der Waals surface area contributed by atoms with E-state index in [2.05, 4.69) is 22.8 Å². The Balaban J connectivity index is 1.34. The maximum atomic E-state index is 12.6. The number of ether oxygens (including phenoxy) is 2. The highest BCUT2D eigenvalue weighted by Crippen LogP contribution is 2.33. The number of likely N-dealkylation sites (tertiary alicyclic amines) is 1. The maximum absolute atomic E-state index is 12.6. The average molecular weight is 341 g/mol. The van der Waals surface area contributed by atoms with Gasteiger partial charge in [-0.15, -0.1) is 0 Å². The lowest BCUT2D eigenvalue weighted by Crippen LogP contribution is -2.29. The molecule has 0 aliphatic carbocycles. The summed E-state index contributed by atoms with van der Waals surface area (Å²) >= 11 is 0. The van der Waals surface area contributed by atoms with Crippen molar-refractivity contribution in [2.45, 2.75) is 39.2 Å². The van der Waals surface area contributed by atoms with Crippen LogP contribution in [-0.2, 0) is 11.2 Å². The lowest BCUT2D eigenvalue weighted by molar-refractivity contribution is -0.130. The normalized spacial score (nSPS) is 18.8. The van der Waals surface area contributed by atoms with Gasteiger partial charge in [-0.25, -0.2) is 0 Å². The van der Waals surface area contributed by atoms with E-state index in [1.54, 1.807) is 0 Å². The fourth-order valence-corrected chi connectivity index (χ4v) is 3.69. The molecule has 0 spiro atoms. The van der Waals surface area contributed by atoms with Crippen LogP contribution in [0.2, 0.25) is 0 Å². The van der Waals surface area contributed by atoms with Crippen molar-refractivity contribution in [3.05, 3.63) is 41.2 Å². The first kappa shape index (κ1) is 16.0. The van der Waals surface area contributed by atoms with Gasteiger partial charge in [0.1, 0.15) is 0 Å². The van der Waals surface area contributed by atoms with Gasteiger partial charge in [0.15, 0.2) is 11.5 Å². The third-order valence-electron chi connectivity index (χ3n) is 4.97. The molecule has 6 heteroatoms. The monoisotopic (exact) mass is 341 g/mol. The number of aryl methyl sites for hydroxylation is 3. The minimum Gasteiger partial charge on any atom is -0.454 e. The summed E-state index contributed by atoms with van der Waals surface area (Å²) in [7, 11) is 0. The number of amides is 1. The summed E-state index contributed by atoms with van der Waals surface area (Å²) < 4.78 is 12.8. The van der Waals surface area contributed by atoms with Crippen LogP contribution in [0.5, 0.6) is 11.5 Å². The molecule has 4 rings (SSSR count). The number of hydrogen-bond donors (Lipinski definition) is 0. The lowest BCUT2D eigenvalue weighted by Gasteiger charge is -2.17. The Bertz CT molecular complexity index is 799. The Morgan fingerprint density at radius 1 is 1.24 bits per heavy atom. The van der Waals surface area contributed by atoms with E-state index in [9.17, 15) is 4.79 Å². The minimum absolute atomic E-state index is 0.210. The molecule has 1 amide bonds. The summed E-state index contributed by atoms with van der Waals surface area (Å²) in [6.45, 7) is 5.92. The van der Waals surface area contributed by atoms with E-state index >= 15 is 0 Å². The second kappa shape index (κ2) is 6.43. The van der Waals surface area contributed by atoms with Gasteiger partial charge < -0.3 is 14.4 Å². The zero-order chi connectivity index (χ0) is 17.4. The van der Waals surface area contributed by atoms with Crippen LogP contribution < -0.4 is 9.47 Å². The van der Waals surface area contributed by atoms with Crippen molar-refractivity contribution in [1.82, 2.24) is 14.7 Å². The maximum Gasteiger partial charge on any atom is 0.231 e. The van der Waals surface area contributed by atoms with Crippen LogP contribution in [0.15, 0.2) is 24.3 Å². The van der Waals surface area contributed by atoms with Gasteiger partial charge in [0.05, 0.1) is 11.7 Å². The second-order valence-electron chi connectivity index (χ2n) is 6.84. The molecule has 0 radical (unpaired) electrons. The molecule has 2 aromatic rings. The number of hydrogen-bond acceptors (Lipinski definition) is 4. The molecule has 1 aromatic heterocycles. The zero-order valence-corrected chi connectivity index (χ0v) is 14.7. The average Bonchev–Trinajstić information content (AvgIpc) is 3.31. The highest BCUT2D eigenvalue weighted by atomic mass is 16.7. The van der Waals surface area contributed by atoms with Crippen molar-refractivity contribution in [3.63, 3.8) is 0 Å². The Hall–Kier alpha value is -2.50. The molecule has 0 unspecified atom stereocenters. The van der Waals surface area contributed by atoms with Crippen molar-refractivity contribution in [3.8, 4) is 11.5 Å². The first-order valence-electron chi connectivity index (χ1n) is 8.79. The molecule has 0 bridgehead atoms. The summed E-state index contributed by atoms with van der Waals surface area (Å²) in [4.78, 5) is 14.5. The number of fused-ring (bicyclic) bond motifs is 1. The lowest BCUT2D eigenvalue weighted by atomic mass is 10.1. The van der Waals surface area contributed by atoms with Crippen LogP contribution >= 0.6 is 0 Å². The van der Waals surface area contributed by atoms with Crippen LogP contribution in [0.3, 0.4) is 0 Å². The number of carbonyl (C=O) groups excluding carboxylic acids is 1. The van der Waals surface area contributed by atoms with Gasteiger partial charge in [-0.1, -0.05) is 6.07 Å². The van der Waals surface area contributed by atoms with Crippen molar-refractivity contribution >= 4 is 5.91 Å². The Labute approximate surface area is 147 Å². The number of carbonyl (C=O) groups is 1. The molecule has 1 atom stereocenters. The molecule has 1 fully saturated rings. The van der Waals surface area contributed by atoms with Gasteiger partial charge in [0.2, 0.25) is 12.7 Å². The summed E-state index contributed by atoms with van der Waals surface area (Å²) in [6.07, 6.45) is 2.21. The van der Waals surface area contributed by atoms with Gasteiger partial charge >= 0.3 is 0 Å². The fourth-order valence-electron chi connectivity index (χ4n) is 3.69. The van der Waals surface area contributed by atoms with Gasteiger partial charge in [-0.3, -0.25) is 9.48 Å². The number of benzene rings is 1. The van der Waals surface area contributed by atoms with Crippen LogP contribution in [0.4, 0.5) is 0 Å². The smallest absolute Gasteiger partial charge is 0.231 e. The van der Waals surface area contributed by atoms with E-state index < -0.39 is 0 Å². The molecule has 0 saturated carbocycles. The molecular weight excluding hydrogens is 318 g/mol. The van der Waals surface area contributed by atoms with E-state index in [1.165, 1.54) is 0 Å². The summed E-state index contributed by atoms with van der Waals surface area (Å²) in [6, 6.07) is 8.27. The standard InChI is InChI=1S/C19H23N3O3/c1-13-9-14(2)22(20-13)16-7-8-21(11-16)19(23)6-4-15-3-5-17-18(10-15)25-12-24-17/h3,5,9-10,16H,4,6-8,11-12H2,1-2H3/t16-/m1/s1. The highest BCUT2D eigenvalue weighted by molar-refractivity contribution is 5.76. The Morgan fingerprint density at radius 3 is 2.88 bits per heavy atom. The van der Waals surface area contributed by atoms with Crippen LogP contribution in [0.1, 0.15) is 35.8 Å². The van der Waals surface area contributed by atoms with Crippen molar-refractivity contribution in [2.75, 3.05) is 19.9 Å². The molecule has 25 heavy (non-hydrogen) atoms. The van der Waals surface area contributed by atoms with Crippen molar-refractivity contribution in [1.29, 1.82) is 0 Å². The van der Waals surface area contributed by atoms with E-state index in [4.69, 9.17) is 9.47 Å². The van der Waals surface area contributed by atoms with Crippen molar-refractivity contribution in [2.24, 2.45) is 0 Å². The summed E-state index contributed by atoms with van der Waals surface area (Å²) in [5.41, 5.74) is 3.30. The van der Waals surface area contributed by atoms with Crippen LogP contribution in [0.25, 0.3) is 0 Å².